The van der Waals surface area contributed by atoms with E-state index in [1.54, 1.807) is 6.92 Å². The molecular formula is C18H18N4O2. The molecule has 1 heterocycles. The highest BCUT2D eigenvalue weighted by Gasteiger charge is 2.14. The molecule has 3 N–H and O–H groups in total. The van der Waals surface area contributed by atoms with Crippen molar-refractivity contribution in [2.75, 3.05) is 10.6 Å². The monoisotopic (exact) mass is 322 g/mol. The lowest BCUT2D eigenvalue weighted by molar-refractivity contribution is -0.137. The smallest absolute Gasteiger partial charge is 0.325 e. The van der Waals surface area contributed by atoms with Crippen LogP contribution in [0.5, 0.6) is 0 Å². The lowest BCUT2D eigenvalue weighted by Gasteiger charge is -2.14. The topological polar surface area (TPSA) is 87.1 Å². The highest BCUT2D eigenvalue weighted by atomic mass is 16.4. The lowest BCUT2D eigenvalue weighted by Crippen LogP contribution is -2.26. The third kappa shape index (κ3) is 3.43. The first-order chi connectivity index (χ1) is 11.5. The number of rotatable bonds is 5. The number of nitrogens with one attached hydrogen (secondary N) is 2. The number of fused-ring (bicyclic) bond motifs is 1. The summed E-state index contributed by atoms with van der Waals surface area (Å²) in [7, 11) is 0. The van der Waals surface area contributed by atoms with E-state index in [1.165, 1.54) is 0 Å². The number of benzene rings is 2. The van der Waals surface area contributed by atoms with Gasteiger partial charge in [0.1, 0.15) is 11.9 Å². The number of hydrogen-bond donors (Lipinski definition) is 3. The number of para-hydroxylation sites is 1. The zero-order valence-electron chi connectivity index (χ0n) is 13.4. The largest absolute Gasteiger partial charge is 0.480 e. The van der Waals surface area contributed by atoms with Gasteiger partial charge in [-0.3, -0.25) is 4.79 Å². The number of carboxylic acid groups (broad SMARTS) is 1. The van der Waals surface area contributed by atoms with Gasteiger partial charge >= 0.3 is 5.97 Å². The van der Waals surface area contributed by atoms with E-state index in [1.807, 2.05) is 55.5 Å². The Morgan fingerprint density at radius 3 is 2.67 bits per heavy atom. The standard InChI is InChI=1S/C18H18N4O2/c1-11-6-5-7-13(10-11)20-18-21-15-9-4-3-8-14(15)16(22-18)19-12(2)17(23)24/h3-10,12H,1-2H3,(H,23,24)(H2,19,20,21,22). The normalized spacial score (nSPS) is 11.9. The van der Waals surface area contributed by atoms with Crippen LogP contribution in [0.2, 0.25) is 0 Å². The Labute approximate surface area is 139 Å². The van der Waals surface area contributed by atoms with E-state index < -0.39 is 12.0 Å². The minimum Gasteiger partial charge on any atom is -0.480 e. The number of aliphatic carboxylic acids is 1. The summed E-state index contributed by atoms with van der Waals surface area (Å²) < 4.78 is 0. The summed E-state index contributed by atoms with van der Waals surface area (Å²) in [6.07, 6.45) is 0. The summed E-state index contributed by atoms with van der Waals surface area (Å²) in [5, 5.41) is 16.0. The van der Waals surface area contributed by atoms with Gasteiger partial charge in [-0.15, -0.1) is 0 Å². The molecule has 0 saturated carbocycles. The molecular weight excluding hydrogens is 304 g/mol. The molecule has 0 radical (unpaired) electrons. The van der Waals surface area contributed by atoms with Gasteiger partial charge in [-0.05, 0) is 43.7 Å². The summed E-state index contributed by atoms with van der Waals surface area (Å²) >= 11 is 0. The van der Waals surface area contributed by atoms with Gasteiger partial charge in [-0.2, -0.15) is 4.98 Å². The minimum atomic E-state index is -0.939. The number of aryl methyl sites for hydroxylation is 1. The van der Waals surface area contributed by atoms with E-state index >= 15 is 0 Å². The fourth-order valence-electron chi connectivity index (χ4n) is 2.36. The number of aromatic nitrogens is 2. The molecule has 0 bridgehead atoms. The predicted molar refractivity (Wildman–Crippen MR) is 94.7 cm³/mol. The minimum absolute atomic E-state index is 0.416. The molecule has 0 aliphatic rings. The van der Waals surface area contributed by atoms with Gasteiger partial charge in [0, 0.05) is 11.1 Å². The average Bonchev–Trinajstić information content (AvgIpc) is 2.54. The summed E-state index contributed by atoms with van der Waals surface area (Å²) in [5.74, 6) is -0.0315. The van der Waals surface area contributed by atoms with E-state index in [0.717, 1.165) is 22.2 Å². The highest BCUT2D eigenvalue weighted by Crippen LogP contribution is 2.24. The molecule has 1 aromatic heterocycles. The number of hydrogen-bond acceptors (Lipinski definition) is 5. The van der Waals surface area contributed by atoms with Gasteiger partial charge in [-0.1, -0.05) is 24.3 Å². The Balaban J connectivity index is 2.01. The molecule has 0 amide bonds. The van der Waals surface area contributed by atoms with E-state index in [4.69, 9.17) is 5.11 Å². The summed E-state index contributed by atoms with van der Waals surface area (Å²) in [4.78, 5) is 20.1. The van der Waals surface area contributed by atoms with E-state index in [2.05, 4.69) is 20.6 Å². The third-order valence-electron chi connectivity index (χ3n) is 3.60. The maximum atomic E-state index is 11.1. The number of nitrogens with zero attached hydrogens (tertiary/aromatic N) is 2. The molecule has 6 heteroatoms. The van der Waals surface area contributed by atoms with Crippen molar-refractivity contribution in [3.63, 3.8) is 0 Å². The maximum absolute atomic E-state index is 11.1. The SMILES string of the molecule is Cc1cccc(Nc2nc(NC(C)C(=O)O)c3ccccc3n2)c1. The molecule has 122 valence electrons. The van der Waals surface area contributed by atoms with Crippen LogP contribution in [0.3, 0.4) is 0 Å². The van der Waals surface area contributed by atoms with Crippen molar-refractivity contribution < 1.29 is 9.90 Å². The van der Waals surface area contributed by atoms with Crippen molar-refractivity contribution in [2.45, 2.75) is 19.9 Å². The molecule has 24 heavy (non-hydrogen) atoms. The van der Waals surface area contributed by atoms with Crippen molar-refractivity contribution in [3.05, 3.63) is 54.1 Å². The van der Waals surface area contributed by atoms with Crippen molar-refractivity contribution in [2.24, 2.45) is 0 Å². The molecule has 0 saturated heterocycles. The molecule has 2 aromatic carbocycles. The summed E-state index contributed by atoms with van der Waals surface area (Å²) in [6, 6.07) is 14.6. The van der Waals surface area contributed by atoms with Crippen LogP contribution in [0.15, 0.2) is 48.5 Å². The van der Waals surface area contributed by atoms with Crippen LogP contribution in [0.25, 0.3) is 10.9 Å². The van der Waals surface area contributed by atoms with Gasteiger partial charge in [0.2, 0.25) is 5.95 Å². The number of carboxylic acids is 1. The van der Waals surface area contributed by atoms with E-state index in [0.29, 0.717) is 11.8 Å². The number of carbonyl (C=O) groups is 1. The molecule has 0 fully saturated rings. The van der Waals surface area contributed by atoms with E-state index in [-0.39, 0.29) is 0 Å². The Hall–Kier alpha value is -3.15. The summed E-state index contributed by atoms with van der Waals surface area (Å²) in [6.45, 7) is 3.58. The van der Waals surface area contributed by atoms with Crippen LogP contribution in [0.4, 0.5) is 17.5 Å². The van der Waals surface area contributed by atoms with Gasteiger partial charge in [-0.25, -0.2) is 4.98 Å². The van der Waals surface area contributed by atoms with Gasteiger partial charge in [0.25, 0.3) is 0 Å². The zero-order chi connectivity index (χ0) is 17.1. The molecule has 3 aromatic rings. The summed E-state index contributed by atoms with van der Waals surface area (Å²) in [5.41, 5.74) is 2.74. The molecule has 0 aliphatic carbocycles. The predicted octanol–water partition coefficient (Wildman–Crippen LogP) is 3.57. The van der Waals surface area contributed by atoms with Gasteiger partial charge < -0.3 is 15.7 Å². The quantitative estimate of drug-likeness (QED) is 0.666. The first-order valence-electron chi connectivity index (χ1n) is 7.63. The molecule has 0 spiro atoms. The maximum Gasteiger partial charge on any atom is 0.325 e. The van der Waals surface area contributed by atoms with Crippen molar-refractivity contribution in [1.29, 1.82) is 0 Å². The molecule has 1 atom stereocenters. The Kier molecular flexibility index (Phi) is 4.29. The third-order valence-corrected chi connectivity index (χ3v) is 3.60. The van der Waals surface area contributed by atoms with Crippen molar-refractivity contribution in [3.8, 4) is 0 Å². The van der Waals surface area contributed by atoms with Gasteiger partial charge in [0.05, 0.1) is 5.52 Å². The van der Waals surface area contributed by atoms with Gasteiger partial charge in [0.15, 0.2) is 0 Å². The van der Waals surface area contributed by atoms with Crippen LogP contribution in [0.1, 0.15) is 12.5 Å². The highest BCUT2D eigenvalue weighted by molar-refractivity contribution is 5.92. The Bertz CT molecular complexity index is 895. The second-order valence-electron chi connectivity index (χ2n) is 5.61. The second-order valence-corrected chi connectivity index (χ2v) is 5.61. The second kappa shape index (κ2) is 6.54. The fourth-order valence-corrected chi connectivity index (χ4v) is 2.36. The zero-order valence-corrected chi connectivity index (χ0v) is 13.4. The van der Waals surface area contributed by atoms with Crippen LogP contribution in [-0.4, -0.2) is 27.1 Å². The Morgan fingerprint density at radius 1 is 1.12 bits per heavy atom. The molecule has 1 unspecified atom stereocenters. The van der Waals surface area contributed by atoms with Crippen LogP contribution >= 0.6 is 0 Å². The fraction of sp³-hybridized carbons (Fsp3) is 0.167. The first kappa shape index (κ1) is 15.7. The van der Waals surface area contributed by atoms with E-state index in [9.17, 15) is 4.79 Å². The van der Waals surface area contributed by atoms with Crippen LogP contribution in [0, 0.1) is 6.92 Å². The number of anilines is 3. The molecule has 6 nitrogen and oxygen atoms in total. The van der Waals surface area contributed by atoms with Crippen molar-refractivity contribution >= 4 is 34.3 Å². The van der Waals surface area contributed by atoms with Crippen LogP contribution < -0.4 is 10.6 Å². The molecule has 3 rings (SSSR count). The average molecular weight is 322 g/mol. The lowest BCUT2D eigenvalue weighted by atomic mass is 10.2. The van der Waals surface area contributed by atoms with Crippen LogP contribution in [-0.2, 0) is 4.79 Å². The Morgan fingerprint density at radius 2 is 1.92 bits per heavy atom. The van der Waals surface area contributed by atoms with Crippen molar-refractivity contribution in [1.82, 2.24) is 9.97 Å². The first-order valence-corrected chi connectivity index (χ1v) is 7.63. The molecule has 0 aliphatic heterocycles.